The molecule has 4 rings (SSSR count). The van der Waals surface area contributed by atoms with E-state index in [1.54, 1.807) is 11.1 Å². The van der Waals surface area contributed by atoms with Crippen LogP contribution < -0.4 is 10.6 Å². The highest BCUT2D eigenvalue weighted by atomic mass is 79.9. The van der Waals surface area contributed by atoms with Gasteiger partial charge in [-0.1, -0.05) is 70.5 Å². The number of rotatable bonds is 5. The Morgan fingerprint density at radius 3 is 2.61 bits per heavy atom. The molecular weight excluding hydrogens is 458 g/mol. The molecule has 2 aromatic carbocycles. The smallest absolute Gasteiger partial charge is 0.315 e. The Morgan fingerprint density at radius 2 is 1.90 bits per heavy atom. The lowest BCUT2D eigenvalue weighted by Crippen LogP contribution is -2.45. The largest absolute Gasteiger partial charge is 0.341 e. The molecule has 0 saturated heterocycles. The summed E-state index contributed by atoms with van der Waals surface area (Å²) in [6.45, 7) is 0.441. The Kier molecular flexibility index (Phi) is 6.18. The Morgan fingerprint density at radius 1 is 1.16 bits per heavy atom. The zero-order chi connectivity index (χ0) is 21.8. The predicted molar refractivity (Wildman–Crippen MR) is 122 cm³/mol. The van der Waals surface area contributed by atoms with Crippen LogP contribution in [0.4, 0.5) is 4.79 Å². The van der Waals surface area contributed by atoms with Crippen LogP contribution >= 0.6 is 15.9 Å². The van der Waals surface area contributed by atoms with Crippen LogP contribution in [0.1, 0.15) is 23.5 Å². The van der Waals surface area contributed by atoms with Crippen LogP contribution in [0.25, 0.3) is 11.3 Å². The van der Waals surface area contributed by atoms with Crippen molar-refractivity contribution in [1.82, 2.24) is 25.5 Å². The fourth-order valence-electron chi connectivity index (χ4n) is 3.55. The summed E-state index contributed by atoms with van der Waals surface area (Å²) in [4.78, 5) is 35.1. The fraction of sp³-hybridized carbons (Fsp3) is 0.174. The zero-order valence-corrected chi connectivity index (χ0v) is 18.5. The van der Waals surface area contributed by atoms with Crippen LogP contribution in [0.15, 0.2) is 77.4 Å². The van der Waals surface area contributed by atoms with E-state index >= 15 is 0 Å². The van der Waals surface area contributed by atoms with Gasteiger partial charge < -0.3 is 20.5 Å². The maximum absolute atomic E-state index is 13.5. The molecule has 1 aliphatic rings. The van der Waals surface area contributed by atoms with Gasteiger partial charge in [-0.25, -0.2) is 9.78 Å². The third-order valence-corrected chi connectivity index (χ3v) is 5.68. The van der Waals surface area contributed by atoms with Gasteiger partial charge in [-0.05, 0) is 23.3 Å². The van der Waals surface area contributed by atoms with Gasteiger partial charge in [0.25, 0.3) is 5.91 Å². The molecule has 31 heavy (non-hydrogen) atoms. The van der Waals surface area contributed by atoms with E-state index in [1.165, 1.54) is 7.05 Å². The van der Waals surface area contributed by atoms with Crippen molar-refractivity contribution in [2.24, 2.45) is 0 Å². The maximum Gasteiger partial charge on any atom is 0.315 e. The summed E-state index contributed by atoms with van der Waals surface area (Å²) in [5, 5.41) is 5.28. The number of H-pyrrole nitrogens is 1. The molecule has 0 fully saturated rings. The van der Waals surface area contributed by atoms with Crippen molar-refractivity contribution in [3.63, 3.8) is 0 Å². The van der Waals surface area contributed by atoms with Crippen molar-refractivity contribution in [1.29, 1.82) is 0 Å². The molecule has 0 saturated carbocycles. The average Bonchev–Trinajstić information content (AvgIpc) is 3.47. The lowest BCUT2D eigenvalue weighted by atomic mass is 10.0. The van der Waals surface area contributed by atoms with E-state index < -0.39 is 12.1 Å². The van der Waals surface area contributed by atoms with E-state index in [2.05, 4.69) is 36.5 Å². The van der Waals surface area contributed by atoms with Crippen molar-refractivity contribution in [3.05, 3.63) is 88.8 Å². The first-order chi connectivity index (χ1) is 15.1. The van der Waals surface area contributed by atoms with Gasteiger partial charge in [-0.2, -0.15) is 0 Å². The number of nitrogens with zero attached hydrogens (tertiary/aromatic N) is 2. The topological polar surface area (TPSA) is 90.1 Å². The van der Waals surface area contributed by atoms with Crippen LogP contribution in [0.5, 0.6) is 0 Å². The number of carbonyl (C=O) groups is 2. The maximum atomic E-state index is 13.5. The van der Waals surface area contributed by atoms with Crippen molar-refractivity contribution in [3.8, 4) is 11.3 Å². The first-order valence-electron chi connectivity index (χ1n) is 9.88. The van der Waals surface area contributed by atoms with Gasteiger partial charge in [0.05, 0.1) is 11.9 Å². The van der Waals surface area contributed by atoms with Crippen LogP contribution in [0.3, 0.4) is 0 Å². The number of amides is 3. The lowest BCUT2D eigenvalue weighted by Gasteiger charge is -2.28. The zero-order valence-electron chi connectivity index (χ0n) is 16.9. The highest BCUT2D eigenvalue weighted by molar-refractivity contribution is 9.10. The first kappa shape index (κ1) is 20.9. The molecule has 3 amide bonds. The minimum atomic E-state index is -0.801. The second-order valence-corrected chi connectivity index (χ2v) is 8.04. The van der Waals surface area contributed by atoms with Crippen molar-refractivity contribution in [2.75, 3.05) is 13.6 Å². The summed E-state index contributed by atoms with van der Waals surface area (Å²) >= 11 is 3.44. The molecule has 2 heterocycles. The molecule has 1 aliphatic heterocycles. The Labute approximate surface area is 188 Å². The number of carbonyl (C=O) groups excluding carboxylic acids is 2. The highest BCUT2D eigenvalue weighted by Gasteiger charge is 2.34. The summed E-state index contributed by atoms with van der Waals surface area (Å²) in [5.74, 6) is 0.471. The van der Waals surface area contributed by atoms with Crippen molar-refractivity contribution < 1.29 is 9.59 Å². The number of urea groups is 1. The van der Waals surface area contributed by atoms with E-state index in [0.29, 0.717) is 12.4 Å². The predicted octanol–water partition coefficient (Wildman–Crippen LogP) is 3.95. The molecule has 3 N–H and O–H groups in total. The van der Waals surface area contributed by atoms with Gasteiger partial charge in [0.15, 0.2) is 0 Å². The number of aromatic amines is 1. The lowest BCUT2D eigenvalue weighted by molar-refractivity contribution is -0.134. The third kappa shape index (κ3) is 4.54. The monoisotopic (exact) mass is 479 g/mol. The van der Waals surface area contributed by atoms with Gasteiger partial charge in [0, 0.05) is 18.1 Å². The average molecular weight is 480 g/mol. The summed E-state index contributed by atoms with van der Waals surface area (Å²) < 4.78 is 1.00. The van der Waals surface area contributed by atoms with Crippen LogP contribution in [-0.4, -0.2) is 40.4 Å². The van der Waals surface area contributed by atoms with Crippen molar-refractivity contribution in [2.45, 2.75) is 12.1 Å². The number of halogens is 1. The van der Waals surface area contributed by atoms with Crippen LogP contribution in [0, 0.1) is 0 Å². The second kappa shape index (κ2) is 9.18. The normalized spacial score (nSPS) is 16.2. The minimum Gasteiger partial charge on any atom is -0.341 e. The number of hydrogen-bond acceptors (Lipinski definition) is 3. The molecule has 2 atom stereocenters. The van der Waals surface area contributed by atoms with E-state index in [9.17, 15) is 9.59 Å². The molecule has 2 unspecified atom stereocenters. The minimum absolute atomic E-state index is 0.202. The van der Waals surface area contributed by atoms with Crippen LogP contribution in [0.2, 0.25) is 0 Å². The van der Waals surface area contributed by atoms with Crippen molar-refractivity contribution >= 4 is 27.9 Å². The first-order valence-corrected chi connectivity index (χ1v) is 10.7. The van der Waals surface area contributed by atoms with Gasteiger partial charge in [0.1, 0.15) is 17.9 Å². The SMILES string of the molecule is CNC(=O)NC(C(=O)N1CC=CC1c1ncc(-c2ccc(Br)cc2)[nH]1)c1ccccc1. The molecule has 1 aromatic heterocycles. The fourth-order valence-corrected chi connectivity index (χ4v) is 3.82. The molecule has 7 nitrogen and oxygen atoms in total. The van der Waals surface area contributed by atoms with E-state index in [-0.39, 0.29) is 11.9 Å². The standard InChI is InChI=1S/C23H22BrN5O2/c1-25-23(31)28-20(16-6-3-2-4-7-16)22(30)29-13-5-8-19(29)21-26-14-18(27-21)15-9-11-17(24)12-10-15/h2-12,14,19-20H,13H2,1H3,(H,26,27)(H2,25,28,31). The highest BCUT2D eigenvalue weighted by Crippen LogP contribution is 2.30. The number of hydrogen-bond donors (Lipinski definition) is 3. The molecular formula is C23H22BrN5O2. The van der Waals surface area contributed by atoms with E-state index in [0.717, 1.165) is 21.3 Å². The summed E-state index contributed by atoms with van der Waals surface area (Å²) in [6.07, 6.45) is 5.65. The molecule has 0 spiro atoms. The number of imidazole rings is 1. The molecule has 0 radical (unpaired) electrons. The molecule has 158 valence electrons. The molecule has 8 heteroatoms. The molecule has 0 bridgehead atoms. The molecule has 0 aliphatic carbocycles. The van der Waals surface area contributed by atoms with Crippen LogP contribution in [-0.2, 0) is 4.79 Å². The van der Waals surface area contributed by atoms with E-state index in [1.807, 2.05) is 66.7 Å². The summed E-state index contributed by atoms with van der Waals surface area (Å²) in [7, 11) is 1.52. The Hall–Kier alpha value is -3.39. The summed E-state index contributed by atoms with van der Waals surface area (Å²) in [6, 6.07) is 15.6. The Balaban J connectivity index is 1.59. The van der Waals surface area contributed by atoms with Gasteiger partial charge in [-0.3, -0.25) is 4.79 Å². The summed E-state index contributed by atoms with van der Waals surface area (Å²) in [5.41, 5.74) is 2.60. The molecule has 3 aromatic rings. The number of benzene rings is 2. The van der Waals surface area contributed by atoms with E-state index in [4.69, 9.17) is 0 Å². The van der Waals surface area contributed by atoms with Gasteiger partial charge in [-0.15, -0.1) is 0 Å². The number of nitrogens with one attached hydrogen (secondary N) is 3. The number of aromatic nitrogens is 2. The van der Waals surface area contributed by atoms with Gasteiger partial charge in [0.2, 0.25) is 0 Å². The quantitative estimate of drug-likeness (QED) is 0.483. The van der Waals surface area contributed by atoms with Gasteiger partial charge >= 0.3 is 6.03 Å². The second-order valence-electron chi connectivity index (χ2n) is 7.12. The Bertz CT molecular complexity index is 1090. The third-order valence-electron chi connectivity index (χ3n) is 5.15.